The minimum Gasteiger partial charge on any atom is -0.444 e. The first-order valence-corrected chi connectivity index (χ1v) is 12.7. The zero-order valence-corrected chi connectivity index (χ0v) is 22.5. The lowest BCUT2D eigenvalue weighted by atomic mass is 9.94. The topological polar surface area (TPSA) is 108 Å². The average molecular weight is 492 g/mol. The maximum Gasteiger partial charge on any atom is 0.408 e. The number of aliphatic hydroxyl groups is 1. The van der Waals surface area contributed by atoms with E-state index in [0.717, 1.165) is 24.8 Å². The lowest BCUT2D eigenvalue weighted by Gasteiger charge is -2.36. The molecule has 1 rings (SSSR count). The number of unbranched alkanes of at least 4 members (excludes halogenated alkanes) is 2. The van der Waals surface area contributed by atoms with Crippen molar-refractivity contribution >= 4 is 17.9 Å². The van der Waals surface area contributed by atoms with Crippen molar-refractivity contribution in [1.82, 2.24) is 15.5 Å². The van der Waals surface area contributed by atoms with E-state index in [9.17, 15) is 19.5 Å². The van der Waals surface area contributed by atoms with Crippen LogP contribution >= 0.6 is 0 Å². The molecular formula is C27H45N3O5. The van der Waals surface area contributed by atoms with Gasteiger partial charge in [0.05, 0.1) is 6.61 Å². The summed E-state index contributed by atoms with van der Waals surface area (Å²) in [5.41, 5.74) is 0.819. The highest BCUT2D eigenvalue weighted by Crippen LogP contribution is 2.26. The highest BCUT2D eigenvalue weighted by molar-refractivity contribution is 5.92. The summed E-state index contributed by atoms with van der Waals surface area (Å²) < 4.78 is 5.39. The lowest BCUT2D eigenvalue weighted by molar-refractivity contribution is -0.144. The average Bonchev–Trinajstić information content (AvgIpc) is 2.79. The minimum absolute atomic E-state index is 0.0524. The van der Waals surface area contributed by atoms with Gasteiger partial charge in [0.15, 0.2) is 0 Å². The zero-order valence-electron chi connectivity index (χ0n) is 22.5. The molecule has 0 aliphatic heterocycles. The number of carbonyl (C=O) groups excluding carboxylic acids is 3. The molecule has 0 radical (unpaired) electrons. The molecule has 1 aromatic rings. The van der Waals surface area contributed by atoms with Crippen molar-refractivity contribution in [2.75, 3.05) is 19.7 Å². The van der Waals surface area contributed by atoms with E-state index >= 15 is 0 Å². The van der Waals surface area contributed by atoms with Gasteiger partial charge in [-0.25, -0.2) is 4.79 Å². The fourth-order valence-electron chi connectivity index (χ4n) is 3.80. The first kappa shape index (κ1) is 30.4. The van der Waals surface area contributed by atoms with E-state index in [1.165, 1.54) is 4.90 Å². The molecule has 3 N–H and O–H groups in total. The van der Waals surface area contributed by atoms with Crippen LogP contribution < -0.4 is 10.6 Å². The van der Waals surface area contributed by atoms with Crippen LogP contribution in [0, 0.1) is 12.8 Å². The summed E-state index contributed by atoms with van der Waals surface area (Å²) >= 11 is 0. The maximum absolute atomic E-state index is 13.9. The number of aliphatic hydroxyl groups excluding tert-OH is 1. The fourth-order valence-corrected chi connectivity index (χ4v) is 3.80. The van der Waals surface area contributed by atoms with Crippen LogP contribution in [0.4, 0.5) is 4.79 Å². The molecule has 0 saturated carbocycles. The summed E-state index contributed by atoms with van der Waals surface area (Å²) in [6, 6.07) is 5.55. The molecule has 8 nitrogen and oxygen atoms in total. The number of alkyl carbamates (subject to hydrolysis) is 1. The van der Waals surface area contributed by atoms with Gasteiger partial charge in [0.1, 0.15) is 17.7 Å². The number of nitrogens with zero attached hydrogens (tertiary/aromatic N) is 1. The Balaban J connectivity index is 3.39. The highest BCUT2D eigenvalue weighted by atomic mass is 16.6. The van der Waals surface area contributed by atoms with Crippen molar-refractivity contribution in [2.24, 2.45) is 5.92 Å². The summed E-state index contributed by atoms with van der Waals surface area (Å²) in [5, 5.41) is 15.5. The number of carbonyl (C=O) groups is 3. The van der Waals surface area contributed by atoms with Gasteiger partial charge < -0.3 is 25.4 Å². The number of benzene rings is 1. The summed E-state index contributed by atoms with van der Waals surface area (Å²) in [6.45, 7) is 13.2. The molecule has 0 saturated heterocycles. The number of rotatable bonds is 13. The molecule has 0 fully saturated rings. The second-order valence-corrected chi connectivity index (χ2v) is 10.0. The van der Waals surface area contributed by atoms with Crippen LogP contribution in [0.5, 0.6) is 0 Å². The Morgan fingerprint density at radius 3 is 2.31 bits per heavy atom. The van der Waals surface area contributed by atoms with Crippen molar-refractivity contribution in [3.63, 3.8) is 0 Å². The predicted molar refractivity (Wildman–Crippen MR) is 138 cm³/mol. The Morgan fingerprint density at radius 2 is 1.77 bits per heavy atom. The maximum atomic E-state index is 13.9. The summed E-state index contributed by atoms with van der Waals surface area (Å²) in [6.07, 6.45) is 2.78. The quantitative estimate of drug-likeness (QED) is 0.360. The second kappa shape index (κ2) is 14.7. The molecule has 0 aliphatic carbocycles. The largest absolute Gasteiger partial charge is 0.444 e. The standard InChI is InChI=1S/C27H45N3O5/c1-8-10-13-16-28-24(32)23(21-15-12-11-14-20(21)4)30(17-18-31)25(33)22(19(3)9-2)29-26(34)35-27(5,6)7/h11-12,14-15,19,22-23,31H,8-10,13,16-18H2,1-7H3,(H,28,32)(H,29,34). The van der Waals surface area contributed by atoms with E-state index in [0.29, 0.717) is 18.5 Å². The fraction of sp³-hybridized carbons (Fsp3) is 0.667. The summed E-state index contributed by atoms with van der Waals surface area (Å²) in [5.74, 6) is -0.963. The van der Waals surface area contributed by atoms with Crippen LogP contribution in [0.3, 0.4) is 0 Å². The van der Waals surface area contributed by atoms with Crippen LogP contribution in [-0.4, -0.2) is 59.3 Å². The van der Waals surface area contributed by atoms with E-state index in [4.69, 9.17) is 4.74 Å². The van der Waals surface area contributed by atoms with Crippen LogP contribution in [0.2, 0.25) is 0 Å². The Labute approximate surface area is 210 Å². The van der Waals surface area contributed by atoms with Crippen LogP contribution in [0.25, 0.3) is 0 Å². The number of hydrogen-bond donors (Lipinski definition) is 3. The number of ether oxygens (including phenoxy) is 1. The van der Waals surface area contributed by atoms with Gasteiger partial charge in [-0.15, -0.1) is 0 Å². The third kappa shape index (κ3) is 9.88. The third-order valence-corrected chi connectivity index (χ3v) is 5.90. The summed E-state index contributed by atoms with van der Waals surface area (Å²) in [7, 11) is 0. The molecule has 8 heteroatoms. The molecule has 0 heterocycles. The molecular weight excluding hydrogens is 446 g/mol. The smallest absolute Gasteiger partial charge is 0.408 e. The third-order valence-electron chi connectivity index (χ3n) is 5.90. The van der Waals surface area contributed by atoms with Gasteiger partial charge in [-0.2, -0.15) is 0 Å². The molecule has 3 unspecified atom stereocenters. The molecule has 3 amide bonds. The van der Waals surface area contributed by atoms with Crippen LogP contribution in [0.1, 0.15) is 84.4 Å². The van der Waals surface area contributed by atoms with Gasteiger partial charge in [0, 0.05) is 13.1 Å². The predicted octanol–water partition coefficient (Wildman–Crippen LogP) is 4.10. The molecule has 35 heavy (non-hydrogen) atoms. The van der Waals surface area contributed by atoms with Gasteiger partial charge in [-0.1, -0.05) is 64.3 Å². The first-order valence-electron chi connectivity index (χ1n) is 12.7. The second-order valence-electron chi connectivity index (χ2n) is 10.0. The number of amides is 3. The van der Waals surface area contributed by atoms with E-state index in [2.05, 4.69) is 17.6 Å². The van der Waals surface area contributed by atoms with Crippen molar-refractivity contribution in [1.29, 1.82) is 0 Å². The van der Waals surface area contributed by atoms with Crippen molar-refractivity contribution in [2.45, 2.75) is 91.8 Å². The Morgan fingerprint density at radius 1 is 1.11 bits per heavy atom. The Kier molecular flexibility index (Phi) is 12.8. The van der Waals surface area contributed by atoms with E-state index in [1.54, 1.807) is 20.8 Å². The number of hydrogen-bond acceptors (Lipinski definition) is 5. The minimum atomic E-state index is -0.940. The summed E-state index contributed by atoms with van der Waals surface area (Å²) in [4.78, 5) is 41.3. The molecule has 1 aromatic carbocycles. The van der Waals surface area contributed by atoms with E-state index in [-0.39, 0.29) is 25.0 Å². The van der Waals surface area contributed by atoms with E-state index in [1.807, 2.05) is 45.0 Å². The SMILES string of the molecule is CCCCCNC(=O)C(c1ccccc1C)N(CCO)C(=O)C(NC(=O)OC(C)(C)C)C(C)CC. The van der Waals surface area contributed by atoms with E-state index < -0.39 is 29.7 Å². The normalized spacial score (nSPS) is 13.9. The first-order chi connectivity index (χ1) is 16.5. The molecule has 0 spiro atoms. The van der Waals surface area contributed by atoms with Gasteiger partial charge in [0.25, 0.3) is 0 Å². The van der Waals surface area contributed by atoms with Crippen molar-refractivity contribution in [3.05, 3.63) is 35.4 Å². The Hall–Kier alpha value is -2.61. The number of aryl methyl sites for hydroxylation is 1. The van der Waals surface area contributed by atoms with Crippen LogP contribution in [-0.2, 0) is 14.3 Å². The Bertz CT molecular complexity index is 821. The molecule has 3 atom stereocenters. The van der Waals surface area contributed by atoms with Gasteiger partial charge >= 0.3 is 6.09 Å². The van der Waals surface area contributed by atoms with Crippen molar-refractivity contribution in [3.8, 4) is 0 Å². The lowest BCUT2D eigenvalue weighted by Crippen LogP contribution is -2.55. The monoisotopic (exact) mass is 491 g/mol. The number of nitrogens with one attached hydrogen (secondary N) is 2. The van der Waals surface area contributed by atoms with Gasteiger partial charge in [-0.3, -0.25) is 9.59 Å². The molecule has 198 valence electrons. The highest BCUT2D eigenvalue weighted by Gasteiger charge is 2.38. The molecule has 0 aliphatic rings. The zero-order chi connectivity index (χ0) is 26.6. The van der Waals surface area contributed by atoms with Gasteiger partial charge in [-0.05, 0) is 51.2 Å². The van der Waals surface area contributed by atoms with Crippen LogP contribution in [0.15, 0.2) is 24.3 Å². The molecule has 0 aromatic heterocycles. The molecule has 0 bridgehead atoms. The van der Waals surface area contributed by atoms with Gasteiger partial charge in [0.2, 0.25) is 11.8 Å². The van der Waals surface area contributed by atoms with Crippen molar-refractivity contribution < 1.29 is 24.2 Å².